The highest BCUT2D eigenvalue weighted by Gasteiger charge is 2.31. The molecule has 24 heavy (non-hydrogen) atoms. The van der Waals surface area contributed by atoms with Crippen LogP contribution in [-0.4, -0.2) is 34.8 Å². The second-order valence-electron chi connectivity index (χ2n) is 7.36. The van der Waals surface area contributed by atoms with Gasteiger partial charge in [-0.05, 0) is 55.6 Å². The van der Waals surface area contributed by atoms with Crippen molar-refractivity contribution in [3.63, 3.8) is 0 Å². The molecule has 128 valence electrons. The number of nitrogens with two attached hydrogens (primary N) is 1. The molecule has 3 aliphatic rings. The van der Waals surface area contributed by atoms with Crippen molar-refractivity contribution in [1.29, 1.82) is 0 Å². The Balaban J connectivity index is 1.76. The standard InChI is InChI=1S/C18H24N4O2/c1-22(23)9-13-4-2-3-5-14(13)15(10-22)17-16(8-20-18(19)21-17)24-11-12-6-7-12/h8,10,12H,2-7,9,11H2,1H3,(H2,19,20,21). The van der Waals surface area contributed by atoms with Crippen molar-refractivity contribution in [2.75, 3.05) is 25.9 Å². The Labute approximate surface area is 142 Å². The molecule has 1 atom stereocenters. The molecule has 1 fully saturated rings. The summed E-state index contributed by atoms with van der Waals surface area (Å²) in [6.45, 7) is 1.22. The number of nitrogens with zero attached hydrogens (tertiary/aromatic N) is 3. The van der Waals surface area contributed by atoms with Crippen LogP contribution in [0, 0.1) is 11.1 Å². The first-order valence-corrected chi connectivity index (χ1v) is 8.78. The van der Waals surface area contributed by atoms with Gasteiger partial charge in [0.2, 0.25) is 5.95 Å². The average Bonchev–Trinajstić information content (AvgIpc) is 3.36. The van der Waals surface area contributed by atoms with Gasteiger partial charge in [-0.25, -0.2) is 9.97 Å². The maximum Gasteiger partial charge on any atom is 0.220 e. The average molecular weight is 328 g/mol. The van der Waals surface area contributed by atoms with Crippen LogP contribution in [0.4, 0.5) is 5.95 Å². The van der Waals surface area contributed by atoms with E-state index in [0.717, 1.165) is 31.3 Å². The summed E-state index contributed by atoms with van der Waals surface area (Å²) in [6.07, 6.45) is 10.1. The zero-order valence-electron chi connectivity index (χ0n) is 14.1. The molecule has 0 saturated heterocycles. The third-order valence-electron chi connectivity index (χ3n) is 5.01. The Morgan fingerprint density at radius 2 is 2.12 bits per heavy atom. The Bertz CT molecular complexity index is 720. The first-order chi connectivity index (χ1) is 11.5. The molecule has 4 rings (SSSR count). The highest BCUT2D eigenvalue weighted by Crippen LogP contribution is 2.42. The van der Waals surface area contributed by atoms with Crippen LogP contribution in [0.2, 0.25) is 0 Å². The van der Waals surface area contributed by atoms with Crippen LogP contribution >= 0.6 is 0 Å². The molecule has 2 aliphatic carbocycles. The predicted octanol–water partition coefficient (Wildman–Crippen LogP) is 3.02. The Kier molecular flexibility index (Phi) is 3.81. The fourth-order valence-electron chi connectivity index (χ4n) is 3.62. The molecule has 1 saturated carbocycles. The van der Waals surface area contributed by atoms with Crippen molar-refractivity contribution >= 4 is 11.5 Å². The van der Waals surface area contributed by atoms with Crippen molar-refractivity contribution in [2.45, 2.75) is 38.5 Å². The molecule has 0 radical (unpaired) electrons. The minimum absolute atomic E-state index is 0.216. The zero-order valence-corrected chi connectivity index (χ0v) is 14.1. The molecule has 1 aromatic heterocycles. The molecule has 0 amide bonds. The lowest BCUT2D eigenvalue weighted by molar-refractivity contribution is -0.802. The van der Waals surface area contributed by atoms with Crippen molar-refractivity contribution in [3.8, 4) is 5.75 Å². The first kappa shape index (κ1) is 15.6. The van der Waals surface area contributed by atoms with E-state index in [-0.39, 0.29) is 5.95 Å². The van der Waals surface area contributed by atoms with Crippen LogP contribution < -0.4 is 10.5 Å². The number of rotatable bonds is 4. The van der Waals surface area contributed by atoms with E-state index >= 15 is 0 Å². The summed E-state index contributed by atoms with van der Waals surface area (Å²) < 4.78 is 5.56. The quantitative estimate of drug-likeness (QED) is 0.678. The van der Waals surface area contributed by atoms with Crippen LogP contribution in [0.15, 0.2) is 23.5 Å². The van der Waals surface area contributed by atoms with Gasteiger partial charge < -0.3 is 20.3 Å². The number of hydroxylamine groups is 3. The summed E-state index contributed by atoms with van der Waals surface area (Å²) in [5.41, 5.74) is 9.94. The van der Waals surface area contributed by atoms with E-state index in [2.05, 4.69) is 9.97 Å². The molecular weight excluding hydrogens is 304 g/mol. The van der Waals surface area contributed by atoms with Gasteiger partial charge in [0.25, 0.3) is 0 Å². The Hall–Kier alpha value is -1.92. The van der Waals surface area contributed by atoms with Gasteiger partial charge in [0.05, 0.1) is 25.4 Å². The monoisotopic (exact) mass is 328 g/mol. The van der Waals surface area contributed by atoms with Crippen LogP contribution in [0.25, 0.3) is 5.57 Å². The summed E-state index contributed by atoms with van der Waals surface area (Å²) in [5.74, 6) is 1.50. The van der Waals surface area contributed by atoms with E-state index in [1.807, 2.05) is 0 Å². The molecule has 0 spiro atoms. The minimum Gasteiger partial charge on any atom is -0.628 e. The van der Waals surface area contributed by atoms with Gasteiger partial charge in [0, 0.05) is 0 Å². The van der Waals surface area contributed by atoms with Crippen molar-refractivity contribution in [1.82, 2.24) is 9.97 Å². The van der Waals surface area contributed by atoms with Gasteiger partial charge in [-0.3, -0.25) is 0 Å². The molecule has 1 aliphatic heterocycles. The highest BCUT2D eigenvalue weighted by molar-refractivity contribution is 5.81. The summed E-state index contributed by atoms with van der Waals surface area (Å²) in [6, 6.07) is 0. The normalized spacial score (nSPS) is 26.8. The molecule has 1 unspecified atom stereocenters. The number of allylic oxidation sites excluding steroid dienone is 2. The lowest BCUT2D eigenvalue weighted by Crippen LogP contribution is -2.37. The van der Waals surface area contributed by atoms with E-state index in [4.69, 9.17) is 10.5 Å². The summed E-state index contributed by atoms with van der Waals surface area (Å²) in [5, 5.41) is 12.7. The second-order valence-corrected chi connectivity index (χ2v) is 7.36. The van der Waals surface area contributed by atoms with Gasteiger partial charge >= 0.3 is 0 Å². The molecule has 2 heterocycles. The minimum atomic E-state index is -0.403. The Morgan fingerprint density at radius 1 is 1.33 bits per heavy atom. The third-order valence-corrected chi connectivity index (χ3v) is 5.01. The van der Waals surface area contributed by atoms with E-state index in [1.54, 1.807) is 19.4 Å². The van der Waals surface area contributed by atoms with Crippen LogP contribution in [-0.2, 0) is 0 Å². The lowest BCUT2D eigenvalue weighted by Gasteiger charge is -2.41. The van der Waals surface area contributed by atoms with Gasteiger partial charge in [-0.15, -0.1) is 0 Å². The molecule has 1 aromatic rings. The predicted molar refractivity (Wildman–Crippen MR) is 92.6 cm³/mol. The van der Waals surface area contributed by atoms with E-state index in [1.165, 1.54) is 24.0 Å². The van der Waals surface area contributed by atoms with Crippen LogP contribution in [0.5, 0.6) is 5.75 Å². The number of quaternary nitrogens is 1. The van der Waals surface area contributed by atoms with E-state index in [0.29, 0.717) is 30.5 Å². The SMILES string of the molecule is C[N+]1([O-])C=C(c2nc(N)ncc2OCC2CC2)C2=C(CCCC2)C1. The van der Waals surface area contributed by atoms with E-state index in [9.17, 15) is 5.21 Å². The number of aromatic nitrogens is 2. The lowest BCUT2D eigenvalue weighted by atomic mass is 9.84. The fourth-order valence-corrected chi connectivity index (χ4v) is 3.62. The van der Waals surface area contributed by atoms with E-state index < -0.39 is 4.65 Å². The van der Waals surface area contributed by atoms with Gasteiger partial charge in [0.15, 0.2) is 5.75 Å². The number of likely N-dealkylation sites (N-methyl/N-ethyl adjacent to an activating group) is 1. The first-order valence-electron chi connectivity index (χ1n) is 8.78. The van der Waals surface area contributed by atoms with Crippen molar-refractivity contribution in [3.05, 3.63) is 34.4 Å². The molecule has 2 N–H and O–H groups in total. The number of anilines is 1. The van der Waals surface area contributed by atoms with Crippen LogP contribution in [0.3, 0.4) is 0 Å². The summed E-state index contributed by atoms with van der Waals surface area (Å²) in [7, 11) is 1.69. The third kappa shape index (κ3) is 3.16. The smallest absolute Gasteiger partial charge is 0.220 e. The molecule has 6 heteroatoms. The molecule has 0 aromatic carbocycles. The summed E-state index contributed by atoms with van der Waals surface area (Å²) >= 11 is 0. The van der Waals surface area contributed by atoms with Crippen molar-refractivity contribution in [2.24, 2.45) is 5.92 Å². The summed E-state index contributed by atoms with van der Waals surface area (Å²) in [4.78, 5) is 8.53. The largest absolute Gasteiger partial charge is 0.628 e. The number of nitrogen functional groups attached to an aromatic ring is 1. The zero-order chi connectivity index (χ0) is 16.7. The Morgan fingerprint density at radius 3 is 2.92 bits per heavy atom. The maximum atomic E-state index is 12.7. The van der Waals surface area contributed by atoms with Gasteiger partial charge in [-0.2, -0.15) is 0 Å². The van der Waals surface area contributed by atoms with Crippen molar-refractivity contribution < 1.29 is 9.38 Å². The van der Waals surface area contributed by atoms with Crippen LogP contribution in [0.1, 0.15) is 44.2 Å². The highest BCUT2D eigenvalue weighted by atomic mass is 16.5. The number of hydrogen-bond acceptors (Lipinski definition) is 5. The second kappa shape index (κ2) is 5.86. The topological polar surface area (TPSA) is 84.1 Å². The number of ether oxygens (including phenoxy) is 1. The van der Waals surface area contributed by atoms with Gasteiger partial charge in [-0.1, -0.05) is 0 Å². The maximum absolute atomic E-state index is 12.7. The molecule has 6 nitrogen and oxygen atoms in total. The molecule has 0 bridgehead atoms. The van der Waals surface area contributed by atoms with Gasteiger partial charge in [0.1, 0.15) is 18.4 Å². The number of hydrogen-bond donors (Lipinski definition) is 1. The molecular formula is C18H24N4O2. The fraction of sp³-hybridized carbons (Fsp3) is 0.556.